The van der Waals surface area contributed by atoms with Gasteiger partial charge in [-0.05, 0) is 32.0 Å². The predicted molar refractivity (Wildman–Crippen MR) is 87.5 cm³/mol. The lowest BCUT2D eigenvalue weighted by Crippen LogP contribution is -1.82. The first-order valence-electron chi connectivity index (χ1n) is 6.51. The molecule has 22 heavy (non-hydrogen) atoms. The van der Waals surface area contributed by atoms with Crippen LogP contribution >= 0.6 is 35.0 Å². The van der Waals surface area contributed by atoms with E-state index in [0.29, 0.717) is 27.6 Å². The van der Waals surface area contributed by atoms with Crippen molar-refractivity contribution in [1.82, 2.24) is 10.2 Å². The van der Waals surface area contributed by atoms with Crippen molar-refractivity contribution < 1.29 is 8.83 Å². The molecule has 0 saturated carbocycles. The highest BCUT2D eigenvalue weighted by atomic mass is 35.5. The smallest absolute Gasteiger partial charge is 0.251 e. The monoisotopic (exact) mass is 354 g/mol. The van der Waals surface area contributed by atoms with E-state index in [1.54, 1.807) is 12.1 Å². The first kappa shape index (κ1) is 15.5. The Kier molecular flexibility index (Phi) is 4.47. The van der Waals surface area contributed by atoms with Gasteiger partial charge in [-0.1, -0.05) is 29.3 Å². The van der Waals surface area contributed by atoms with Gasteiger partial charge in [0.15, 0.2) is 0 Å². The van der Waals surface area contributed by atoms with Gasteiger partial charge in [0.1, 0.15) is 11.5 Å². The summed E-state index contributed by atoms with van der Waals surface area (Å²) in [6.45, 7) is 3.74. The van der Waals surface area contributed by atoms with Gasteiger partial charge in [0.2, 0.25) is 5.89 Å². The molecule has 0 fully saturated rings. The van der Waals surface area contributed by atoms with Crippen molar-refractivity contribution >= 4 is 35.0 Å². The van der Waals surface area contributed by atoms with Crippen molar-refractivity contribution in [3.63, 3.8) is 0 Å². The molecular weight excluding hydrogens is 343 g/mol. The normalized spacial score (nSPS) is 11.1. The molecule has 2 heterocycles. The Morgan fingerprint density at radius 1 is 1.09 bits per heavy atom. The van der Waals surface area contributed by atoms with Crippen molar-refractivity contribution in [1.29, 1.82) is 0 Å². The number of rotatable bonds is 4. The van der Waals surface area contributed by atoms with E-state index < -0.39 is 0 Å². The Labute approximate surface area is 141 Å². The molecule has 3 aromatic rings. The van der Waals surface area contributed by atoms with E-state index in [1.165, 1.54) is 11.8 Å². The zero-order chi connectivity index (χ0) is 15.7. The molecule has 0 aliphatic carbocycles. The van der Waals surface area contributed by atoms with E-state index in [0.717, 1.165) is 22.0 Å². The number of benzene rings is 1. The minimum absolute atomic E-state index is 0.454. The van der Waals surface area contributed by atoms with Crippen LogP contribution in [0.3, 0.4) is 0 Å². The van der Waals surface area contributed by atoms with E-state index in [9.17, 15) is 0 Å². The van der Waals surface area contributed by atoms with Crippen molar-refractivity contribution in [2.75, 3.05) is 0 Å². The molecule has 4 nitrogen and oxygen atoms in total. The fraction of sp³-hybridized carbons (Fsp3) is 0.200. The van der Waals surface area contributed by atoms with Gasteiger partial charge in [-0.25, -0.2) is 0 Å². The van der Waals surface area contributed by atoms with E-state index in [4.69, 9.17) is 32.0 Å². The summed E-state index contributed by atoms with van der Waals surface area (Å²) in [4.78, 5) is 0.806. The fourth-order valence-corrected chi connectivity index (χ4v) is 3.54. The van der Waals surface area contributed by atoms with Gasteiger partial charge in [-0.3, -0.25) is 0 Å². The molecule has 3 rings (SSSR count). The topological polar surface area (TPSA) is 52.1 Å². The van der Waals surface area contributed by atoms with Crippen LogP contribution in [0.4, 0.5) is 0 Å². The van der Waals surface area contributed by atoms with Crippen LogP contribution in [-0.4, -0.2) is 10.2 Å². The van der Waals surface area contributed by atoms with E-state index in [1.807, 2.05) is 26.0 Å². The summed E-state index contributed by atoms with van der Waals surface area (Å²) in [6.07, 6.45) is 0. The van der Waals surface area contributed by atoms with E-state index >= 15 is 0 Å². The Balaban J connectivity index is 1.76. The quantitative estimate of drug-likeness (QED) is 0.575. The molecule has 0 saturated heterocycles. The molecule has 1 aromatic carbocycles. The van der Waals surface area contributed by atoms with Crippen LogP contribution in [0.15, 0.2) is 38.0 Å². The number of thioether (sulfide) groups is 1. The summed E-state index contributed by atoms with van der Waals surface area (Å²) < 4.78 is 11.1. The summed E-state index contributed by atoms with van der Waals surface area (Å²) in [5, 5.41) is 9.33. The molecule has 0 aliphatic rings. The third kappa shape index (κ3) is 3.16. The van der Waals surface area contributed by atoms with Crippen LogP contribution in [-0.2, 0) is 5.75 Å². The van der Waals surface area contributed by atoms with Crippen molar-refractivity contribution in [3.8, 4) is 11.5 Å². The Hall–Kier alpha value is -1.43. The summed E-state index contributed by atoms with van der Waals surface area (Å²) in [7, 11) is 0. The number of halogens is 2. The summed E-state index contributed by atoms with van der Waals surface area (Å²) >= 11 is 13.7. The molecule has 0 N–H and O–H groups in total. The van der Waals surface area contributed by atoms with Crippen LogP contribution < -0.4 is 0 Å². The minimum atomic E-state index is 0.454. The van der Waals surface area contributed by atoms with Crippen LogP contribution in [0, 0.1) is 13.8 Å². The molecule has 0 spiro atoms. The highest BCUT2D eigenvalue weighted by Crippen LogP contribution is 2.36. The lowest BCUT2D eigenvalue weighted by Gasteiger charge is -2.03. The SMILES string of the molecule is Cc1cc(-c2nnc(CSc3c(Cl)cccc3Cl)o2)c(C)o1. The van der Waals surface area contributed by atoms with Gasteiger partial charge >= 0.3 is 0 Å². The zero-order valence-corrected chi connectivity index (χ0v) is 14.2. The highest BCUT2D eigenvalue weighted by Gasteiger charge is 2.15. The fourth-order valence-electron chi connectivity index (χ4n) is 2.02. The van der Waals surface area contributed by atoms with Crippen LogP contribution in [0.1, 0.15) is 17.4 Å². The first-order valence-corrected chi connectivity index (χ1v) is 8.25. The molecule has 0 radical (unpaired) electrons. The van der Waals surface area contributed by atoms with Gasteiger partial charge in [-0.2, -0.15) is 0 Å². The van der Waals surface area contributed by atoms with Gasteiger partial charge in [0, 0.05) is 4.90 Å². The summed E-state index contributed by atoms with van der Waals surface area (Å²) in [6, 6.07) is 7.29. The number of aromatic nitrogens is 2. The second-order valence-electron chi connectivity index (χ2n) is 4.67. The molecule has 2 aromatic heterocycles. The molecule has 0 atom stereocenters. The van der Waals surface area contributed by atoms with Crippen molar-refractivity contribution in [2.24, 2.45) is 0 Å². The number of furan rings is 1. The van der Waals surface area contributed by atoms with Crippen molar-refractivity contribution in [2.45, 2.75) is 24.5 Å². The minimum Gasteiger partial charge on any atom is -0.466 e. The molecular formula is C15H12Cl2N2O2S. The van der Waals surface area contributed by atoms with Crippen LogP contribution in [0.5, 0.6) is 0 Å². The predicted octanol–water partition coefficient (Wildman–Crippen LogP) is 5.55. The lowest BCUT2D eigenvalue weighted by molar-refractivity contribution is 0.499. The Morgan fingerprint density at radius 2 is 1.82 bits per heavy atom. The summed E-state index contributed by atoms with van der Waals surface area (Å²) in [5.74, 6) is 3.02. The van der Waals surface area contributed by atoms with Gasteiger partial charge in [-0.15, -0.1) is 22.0 Å². The van der Waals surface area contributed by atoms with Gasteiger partial charge in [0.25, 0.3) is 5.89 Å². The highest BCUT2D eigenvalue weighted by molar-refractivity contribution is 7.98. The molecule has 7 heteroatoms. The van der Waals surface area contributed by atoms with Crippen LogP contribution in [0.2, 0.25) is 10.0 Å². The second-order valence-corrected chi connectivity index (χ2v) is 6.47. The number of hydrogen-bond acceptors (Lipinski definition) is 5. The maximum atomic E-state index is 6.14. The molecule has 0 bridgehead atoms. The van der Waals surface area contributed by atoms with Gasteiger partial charge in [0.05, 0.1) is 21.4 Å². The van der Waals surface area contributed by atoms with E-state index in [2.05, 4.69) is 10.2 Å². The number of nitrogens with zero attached hydrogens (tertiary/aromatic N) is 2. The lowest BCUT2D eigenvalue weighted by atomic mass is 10.2. The molecule has 0 aliphatic heterocycles. The maximum Gasteiger partial charge on any atom is 0.251 e. The standard InChI is InChI=1S/C15H12Cl2N2O2S/c1-8-6-10(9(2)20-8)15-19-18-13(21-15)7-22-14-11(16)4-3-5-12(14)17/h3-6H,7H2,1-2H3. The Bertz CT molecular complexity index is 793. The number of aryl methyl sites for hydroxylation is 2. The van der Waals surface area contributed by atoms with Crippen molar-refractivity contribution in [3.05, 3.63) is 51.7 Å². The third-order valence-corrected chi connectivity index (χ3v) is 4.97. The zero-order valence-electron chi connectivity index (χ0n) is 11.9. The Morgan fingerprint density at radius 3 is 2.45 bits per heavy atom. The van der Waals surface area contributed by atoms with Crippen LogP contribution in [0.25, 0.3) is 11.5 Å². The largest absolute Gasteiger partial charge is 0.466 e. The molecule has 114 valence electrons. The third-order valence-electron chi connectivity index (χ3n) is 3.00. The van der Waals surface area contributed by atoms with E-state index in [-0.39, 0.29) is 0 Å². The summed E-state index contributed by atoms with van der Waals surface area (Å²) in [5.41, 5.74) is 0.817. The second kappa shape index (κ2) is 6.36. The molecule has 0 amide bonds. The maximum absolute atomic E-state index is 6.14. The average Bonchev–Trinajstić information content (AvgIpc) is 3.04. The van der Waals surface area contributed by atoms with Gasteiger partial charge < -0.3 is 8.83 Å². The number of hydrogen-bond donors (Lipinski definition) is 0. The first-order chi connectivity index (χ1) is 10.5. The molecule has 0 unspecified atom stereocenters. The average molecular weight is 355 g/mol.